The molecule has 2 aromatic rings. The van der Waals surface area contributed by atoms with E-state index < -0.39 is 0 Å². The molecule has 0 unspecified atom stereocenters. The van der Waals surface area contributed by atoms with Crippen molar-refractivity contribution in [2.24, 2.45) is 0 Å². The molecular weight excluding hydrogens is 302 g/mol. The van der Waals surface area contributed by atoms with Crippen molar-refractivity contribution < 1.29 is 4.74 Å². The summed E-state index contributed by atoms with van der Waals surface area (Å²) in [7, 11) is 1.71. The van der Waals surface area contributed by atoms with Crippen molar-refractivity contribution >= 4 is 15.9 Å². The lowest BCUT2D eigenvalue weighted by Crippen LogP contribution is -2.30. The van der Waals surface area contributed by atoms with Crippen LogP contribution in [0.2, 0.25) is 0 Å². The van der Waals surface area contributed by atoms with E-state index in [1.807, 2.05) is 12.1 Å². The van der Waals surface area contributed by atoms with Gasteiger partial charge in [-0.05, 0) is 41.3 Å². The fourth-order valence-corrected chi connectivity index (χ4v) is 3.16. The highest BCUT2D eigenvalue weighted by atomic mass is 79.9. The second-order valence-electron chi connectivity index (χ2n) is 4.72. The Balaban J connectivity index is 2.09. The van der Waals surface area contributed by atoms with E-state index >= 15 is 0 Å². The molecule has 1 aliphatic heterocycles. The summed E-state index contributed by atoms with van der Waals surface area (Å²) in [5, 5.41) is 3.60. The summed E-state index contributed by atoms with van der Waals surface area (Å²) in [6.07, 6.45) is 1.07. The Hall–Kier alpha value is -1.32. The number of rotatable bonds is 2. The standard InChI is InChI=1S/C16H16BrNO/c1-19-12-7-6-11-8-9-18-16(14(11)10-12)13-4-2-3-5-15(13)17/h2-7,10,16,18H,8-9H2,1H3/t16-/m1/s1. The molecule has 0 aromatic heterocycles. The summed E-state index contributed by atoms with van der Waals surface area (Å²) in [4.78, 5) is 0. The highest BCUT2D eigenvalue weighted by Gasteiger charge is 2.23. The summed E-state index contributed by atoms with van der Waals surface area (Å²) in [5.74, 6) is 0.916. The van der Waals surface area contributed by atoms with Crippen LogP contribution in [0.15, 0.2) is 46.9 Å². The fourth-order valence-electron chi connectivity index (χ4n) is 2.64. The number of fused-ring (bicyclic) bond motifs is 1. The number of ether oxygens (including phenoxy) is 1. The van der Waals surface area contributed by atoms with Gasteiger partial charge in [-0.25, -0.2) is 0 Å². The van der Waals surface area contributed by atoms with Crippen molar-refractivity contribution in [3.8, 4) is 5.75 Å². The molecule has 0 fully saturated rings. The molecular formula is C16H16BrNO. The molecule has 2 aromatic carbocycles. The van der Waals surface area contributed by atoms with Gasteiger partial charge in [0.15, 0.2) is 0 Å². The monoisotopic (exact) mass is 317 g/mol. The van der Waals surface area contributed by atoms with E-state index in [1.54, 1.807) is 7.11 Å². The topological polar surface area (TPSA) is 21.3 Å². The molecule has 0 aliphatic carbocycles. The average molecular weight is 318 g/mol. The third-order valence-corrected chi connectivity index (χ3v) is 4.35. The zero-order valence-electron chi connectivity index (χ0n) is 10.8. The molecule has 0 bridgehead atoms. The number of hydrogen-bond acceptors (Lipinski definition) is 2. The van der Waals surface area contributed by atoms with Gasteiger partial charge in [-0.2, -0.15) is 0 Å². The number of benzene rings is 2. The molecule has 0 spiro atoms. The molecule has 1 N–H and O–H groups in total. The Morgan fingerprint density at radius 2 is 2.00 bits per heavy atom. The molecule has 1 atom stereocenters. The molecule has 0 saturated carbocycles. The molecule has 0 saturated heterocycles. The molecule has 0 amide bonds. The first-order valence-corrected chi connectivity index (χ1v) is 7.23. The molecule has 19 heavy (non-hydrogen) atoms. The van der Waals surface area contributed by atoms with Crippen LogP contribution in [-0.4, -0.2) is 13.7 Å². The Morgan fingerprint density at radius 3 is 2.79 bits per heavy atom. The molecule has 1 heterocycles. The lowest BCUT2D eigenvalue weighted by molar-refractivity contribution is 0.412. The van der Waals surface area contributed by atoms with Gasteiger partial charge in [0.05, 0.1) is 13.2 Å². The van der Waals surface area contributed by atoms with Crippen LogP contribution < -0.4 is 10.1 Å². The van der Waals surface area contributed by atoms with E-state index in [-0.39, 0.29) is 6.04 Å². The molecule has 3 rings (SSSR count). The summed E-state index contributed by atoms with van der Waals surface area (Å²) < 4.78 is 6.50. The van der Waals surface area contributed by atoms with Crippen LogP contribution in [-0.2, 0) is 6.42 Å². The summed E-state index contributed by atoms with van der Waals surface area (Å²) in [6.45, 7) is 1.01. The quantitative estimate of drug-likeness (QED) is 0.912. The SMILES string of the molecule is COc1ccc2c(c1)[C@@H](c1ccccc1Br)NCC2. The molecule has 1 aliphatic rings. The van der Waals surface area contributed by atoms with Crippen LogP contribution in [0, 0.1) is 0 Å². The normalized spacial score (nSPS) is 17.9. The maximum Gasteiger partial charge on any atom is 0.119 e. The predicted octanol–water partition coefficient (Wildman–Crippen LogP) is 3.69. The van der Waals surface area contributed by atoms with Crippen LogP contribution in [0.4, 0.5) is 0 Å². The van der Waals surface area contributed by atoms with Crippen LogP contribution in [0.3, 0.4) is 0 Å². The van der Waals surface area contributed by atoms with Crippen LogP contribution >= 0.6 is 15.9 Å². The number of halogens is 1. The Morgan fingerprint density at radius 1 is 1.16 bits per heavy atom. The van der Waals surface area contributed by atoms with Crippen molar-refractivity contribution in [2.45, 2.75) is 12.5 Å². The van der Waals surface area contributed by atoms with Gasteiger partial charge in [0, 0.05) is 11.0 Å². The zero-order valence-corrected chi connectivity index (χ0v) is 12.4. The van der Waals surface area contributed by atoms with E-state index in [9.17, 15) is 0 Å². The third-order valence-electron chi connectivity index (χ3n) is 3.62. The number of methoxy groups -OCH3 is 1. The van der Waals surface area contributed by atoms with Crippen LogP contribution in [0.25, 0.3) is 0 Å². The second-order valence-corrected chi connectivity index (χ2v) is 5.58. The van der Waals surface area contributed by atoms with Gasteiger partial charge in [0.1, 0.15) is 5.75 Å². The lowest BCUT2D eigenvalue weighted by Gasteiger charge is -2.28. The molecule has 2 nitrogen and oxygen atoms in total. The van der Waals surface area contributed by atoms with Gasteiger partial charge in [-0.1, -0.05) is 40.2 Å². The molecule has 98 valence electrons. The van der Waals surface area contributed by atoms with Crippen molar-refractivity contribution in [3.63, 3.8) is 0 Å². The van der Waals surface area contributed by atoms with Gasteiger partial charge in [0.25, 0.3) is 0 Å². The highest BCUT2D eigenvalue weighted by Crippen LogP contribution is 2.34. The van der Waals surface area contributed by atoms with E-state index in [1.165, 1.54) is 16.7 Å². The minimum atomic E-state index is 0.231. The number of hydrogen-bond donors (Lipinski definition) is 1. The Kier molecular flexibility index (Phi) is 3.58. The molecule has 0 radical (unpaired) electrons. The van der Waals surface area contributed by atoms with Crippen molar-refractivity contribution in [3.05, 3.63) is 63.6 Å². The maximum absolute atomic E-state index is 5.36. The van der Waals surface area contributed by atoms with Crippen LogP contribution in [0.5, 0.6) is 5.75 Å². The summed E-state index contributed by atoms with van der Waals surface area (Å²) in [6, 6.07) is 15.0. The summed E-state index contributed by atoms with van der Waals surface area (Å²) in [5.41, 5.74) is 3.99. The van der Waals surface area contributed by atoms with E-state index in [0.29, 0.717) is 0 Å². The maximum atomic E-state index is 5.36. The summed E-state index contributed by atoms with van der Waals surface area (Å²) >= 11 is 3.65. The predicted molar refractivity (Wildman–Crippen MR) is 80.7 cm³/mol. The first-order valence-electron chi connectivity index (χ1n) is 6.44. The minimum absolute atomic E-state index is 0.231. The van der Waals surface area contributed by atoms with E-state index in [0.717, 1.165) is 23.2 Å². The largest absolute Gasteiger partial charge is 0.497 e. The van der Waals surface area contributed by atoms with Crippen molar-refractivity contribution in [1.82, 2.24) is 5.32 Å². The second kappa shape index (κ2) is 5.35. The van der Waals surface area contributed by atoms with Crippen molar-refractivity contribution in [2.75, 3.05) is 13.7 Å². The van der Waals surface area contributed by atoms with Gasteiger partial charge < -0.3 is 10.1 Å². The van der Waals surface area contributed by atoms with Gasteiger partial charge in [0.2, 0.25) is 0 Å². The Bertz CT molecular complexity index is 597. The van der Waals surface area contributed by atoms with Gasteiger partial charge in [-0.3, -0.25) is 0 Å². The van der Waals surface area contributed by atoms with Gasteiger partial charge >= 0.3 is 0 Å². The van der Waals surface area contributed by atoms with Crippen molar-refractivity contribution in [1.29, 1.82) is 0 Å². The Labute approximate surface area is 121 Å². The lowest BCUT2D eigenvalue weighted by atomic mass is 9.90. The fraction of sp³-hybridized carbons (Fsp3) is 0.250. The third kappa shape index (κ3) is 2.40. The van der Waals surface area contributed by atoms with Crippen LogP contribution in [0.1, 0.15) is 22.7 Å². The van der Waals surface area contributed by atoms with Gasteiger partial charge in [-0.15, -0.1) is 0 Å². The first kappa shape index (κ1) is 12.7. The number of nitrogens with one attached hydrogen (secondary N) is 1. The van der Waals surface area contributed by atoms with E-state index in [4.69, 9.17) is 4.74 Å². The molecule has 3 heteroatoms. The highest BCUT2D eigenvalue weighted by molar-refractivity contribution is 9.10. The average Bonchev–Trinajstić information content (AvgIpc) is 2.47. The minimum Gasteiger partial charge on any atom is -0.497 e. The van der Waals surface area contributed by atoms with E-state index in [2.05, 4.69) is 51.6 Å². The first-order chi connectivity index (χ1) is 9.29. The smallest absolute Gasteiger partial charge is 0.119 e. The zero-order chi connectivity index (χ0) is 13.2.